The number of aryl methyl sites for hydroxylation is 3. The van der Waals surface area contributed by atoms with Crippen molar-refractivity contribution in [3.8, 4) is 0 Å². The number of anilines is 1. The molecule has 0 atom stereocenters. The molecule has 1 aliphatic carbocycles. The summed E-state index contributed by atoms with van der Waals surface area (Å²) in [6, 6.07) is 4.29. The van der Waals surface area contributed by atoms with Crippen molar-refractivity contribution >= 4 is 17.8 Å². The first-order chi connectivity index (χ1) is 16.6. The fourth-order valence-electron chi connectivity index (χ4n) is 4.58. The Morgan fingerprint density at radius 2 is 1.80 bits per heavy atom. The van der Waals surface area contributed by atoms with Gasteiger partial charge in [-0.05, 0) is 55.6 Å². The third-order valence-electron chi connectivity index (χ3n) is 6.25. The lowest BCUT2D eigenvalue weighted by atomic mass is 9.79. The van der Waals surface area contributed by atoms with Crippen LogP contribution in [0.5, 0.6) is 0 Å². The van der Waals surface area contributed by atoms with Gasteiger partial charge >= 0.3 is 18.1 Å². The molecule has 2 aromatic heterocycles. The molecule has 1 aliphatic heterocycles. The Morgan fingerprint density at radius 1 is 1.09 bits per heavy atom. The number of carbonyl (C=O) groups is 2. The quantitative estimate of drug-likeness (QED) is 0.488. The van der Waals surface area contributed by atoms with E-state index in [-0.39, 0.29) is 11.8 Å². The Morgan fingerprint density at radius 3 is 2.46 bits per heavy atom. The predicted octanol–water partition coefficient (Wildman–Crippen LogP) is 4.21. The molecule has 12 heteroatoms. The molecule has 2 aliphatic rings. The summed E-state index contributed by atoms with van der Waals surface area (Å²) in [5.74, 6) is -1.18. The number of nitrogens with zero attached hydrogens (tertiary/aromatic N) is 3. The van der Waals surface area contributed by atoms with Crippen LogP contribution in [-0.2, 0) is 35.3 Å². The zero-order valence-corrected chi connectivity index (χ0v) is 19.2. The number of aliphatic carboxylic acids is 2. The topological polar surface area (TPSA) is 138 Å². The van der Waals surface area contributed by atoms with Crippen molar-refractivity contribution in [2.75, 3.05) is 11.9 Å². The van der Waals surface area contributed by atoms with Crippen molar-refractivity contribution in [2.45, 2.75) is 76.8 Å². The molecule has 0 aromatic carbocycles. The SMILES string of the molecule is O=C(O)C(F)(F)F.O=C(O)CC1(Cc2nc(CCCc3ccc4c(n3)NCCC4)no2)CCCC1. The van der Waals surface area contributed by atoms with Crippen LogP contribution in [0.1, 0.15) is 67.9 Å². The van der Waals surface area contributed by atoms with Gasteiger partial charge in [0.05, 0.1) is 6.42 Å². The standard InChI is InChI=1S/C21H28N4O3.C2HF3O2/c26-19(27)14-21(10-1-2-11-21)13-18-24-17(25-28-18)7-3-6-16-9-8-15-5-4-12-22-20(15)23-16;3-2(4,5)1(6)7/h8-9H,1-7,10-14H2,(H,22,23)(H,26,27);(H,6,7). The van der Waals surface area contributed by atoms with E-state index < -0.39 is 18.1 Å². The van der Waals surface area contributed by atoms with Crippen LogP contribution in [0.25, 0.3) is 0 Å². The van der Waals surface area contributed by atoms with E-state index in [0.29, 0.717) is 18.1 Å². The molecule has 0 unspecified atom stereocenters. The summed E-state index contributed by atoms with van der Waals surface area (Å²) in [6.07, 6.45) is 4.48. The number of rotatable bonds is 8. The first kappa shape index (κ1) is 26.4. The molecule has 4 rings (SSSR count). The number of fused-ring (bicyclic) bond motifs is 1. The lowest BCUT2D eigenvalue weighted by molar-refractivity contribution is -0.192. The van der Waals surface area contributed by atoms with Gasteiger partial charge in [0, 0.05) is 25.1 Å². The highest BCUT2D eigenvalue weighted by Crippen LogP contribution is 2.43. The van der Waals surface area contributed by atoms with Crippen LogP contribution in [0.3, 0.4) is 0 Å². The highest BCUT2D eigenvalue weighted by atomic mass is 19.4. The van der Waals surface area contributed by atoms with E-state index >= 15 is 0 Å². The van der Waals surface area contributed by atoms with E-state index in [0.717, 1.165) is 69.4 Å². The second-order valence-electron chi connectivity index (χ2n) is 9.06. The maximum atomic E-state index is 11.2. The van der Waals surface area contributed by atoms with Gasteiger partial charge in [0.1, 0.15) is 5.82 Å². The van der Waals surface area contributed by atoms with Gasteiger partial charge in [0.15, 0.2) is 5.82 Å². The Balaban J connectivity index is 0.000000429. The monoisotopic (exact) mass is 498 g/mol. The average molecular weight is 499 g/mol. The molecule has 2 aromatic rings. The van der Waals surface area contributed by atoms with Crippen molar-refractivity contribution in [3.05, 3.63) is 35.1 Å². The fraction of sp³-hybridized carbons (Fsp3) is 0.609. The van der Waals surface area contributed by atoms with Crippen molar-refractivity contribution in [1.82, 2.24) is 15.1 Å². The molecule has 35 heavy (non-hydrogen) atoms. The number of carboxylic acid groups (broad SMARTS) is 2. The average Bonchev–Trinajstić information content (AvgIpc) is 3.42. The molecular weight excluding hydrogens is 469 g/mol. The maximum absolute atomic E-state index is 11.2. The van der Waals surface area contributed by atoms with Gasteiger partial charge in [0.25, 0.3) is 0 Å². The Bertz CT molecular complexity index is 1020. The number of nitrogens with one attached hydrogen (secondary N) is 1. The lowest BCUT2D eigenvalue weighted by Crippen LogP contribution is -2.24. The third-order valence-corrected chi connectivity index (χ3v) is 6.25. The molecule has 0 amide bonds. The van der Waals surface area contributed by atoms with E-state index in [1.165, 1.54) is 12.0 Å². The van der Waals surface area contributed by atoms with Crippen molar-refractivity contribution in [3.63, 3.8) is 0 Å². The van der Waals surface area contributed by atoms with Crippen LogP contribution < -0.4 is 5.32 Å². The molecule has 192 valence electrons. The van der Waals surface area contributed by atoms with Crippen LogP contribution in [0, 0.1) is 5.41 Å². The van der Waals surface area contributed by atoms with Crippen molar-refractivity contribution < 1.29 is 37.5 Å². The normalized spacial score (nSPS) is 16.5. The summed E-state index contributed by atoms with van der Waals surface area (Å²) in [5, 5.41) is 23.8. The lowest BCUT2D eigenvalue weighted by Gasteiger charge is -2.24. The number of halogens is 3. The number of pyridine rings is 1. The molecule has 9 nitrogen and oxygen atoms in total. The molecule has 0 bridgehead atoms. The number of hydrogen-bond acceptors (Lipinski definition) is 7. The van der Waals surface area contributed by atoms with Crippen LogP contribution >= 0.6 is 0 Å². The van der Waals surface area contributed by atoms with E-state index in [2.05, 4.69) is 27.6 Å². The number of alkyl halides is 3. The summed E-state index contributed by atoms with van der Waals surface area (Å²) in [4.78, 5) is 29.4. The second kappa shape index (κ2) is 11.5. The minimum atomic E-state index is -5.08. The molecule has 3 heterocycles. The maximum Gasteiger partial charge on any atom is 0.490 e. The zero-order valence-electron chi connectivity index (χ0n) is 19.2. The summed E-state index contributed by atoms with van der Waals surface area (Å²) in [5.41, 5.74) is 2.18. The van der Waals surface area contributed by atoms with Gasteiger partial charge in [-0.25, -0.2) is 9.78 Å². The predicted molar refractivity (Wildman–Crippen MR) is 118 cm³/mol. The summed E-state index contributed by atoms with van der Waals surface area (Å²) < 4.78 is 37.2. The van der Waals surface area contributed by atoms with Gasteiger partial charge in [-0.1, -0.05) is 24.1 Å². The molecule has 0 spiro atoms. The summed E-state index contributed by atoms with van der Waals surface area (Å²) in [6.45, 7) is 0.998. The van der Waals surface area contributed by atoms with Crippen LogP contribution in [-0.4, -0.2) is 50.0 Å². The fourth-order valence-corrected chi connectivity index (χ4v) is 4.58. The van der Waals surface area contributed by atoms with Gasteiger partial charge in [-0.2, -0.15) is 18.2 Å². The van der Waals surface area contributed by atoms with Crippen molar-refractivity contribution in [1.29, 1.82) is 0 Å². The van der Waals surface area contributed by atoms with Gasteiger partial charge in [-0.3, -0.25) is 4.79 Å². The van der Waals surface area contributed by atoms with E-state index in [1.54, 1.807) is 0 Å². The number of aromatic nitrogens is 3. The first-order valence-corrected chi connectivity index (χ1v) is 11.6. The first-order valence-electron chi connectivity index (χ1n) is 11.6. The van der Waals surface area contributed by atoms with Gasteiger partial charge < -0.3 is 20.1 Å². The summed E-state index contributed by atoms with van der Waals surface area (Å²) >= 11 is 0. The molecule has 3 N–H and O–H groups in total. The Hall–Kier alpha value is -3.18. The van der Waals surface area contributed by atoms with E-state index in [9.17, 15) is 23.1 Å². The molecule has 1 fully saturated rings. The Kier molecular flexibility index (Phi) is 8.68. The van der Waals surface area contributed by atoms with Gasteiger partial charge in [-0.15, -0.1) is 0 Å². The van der Waals surface area contributed by atoms with E-state index in [1.807, 2.05) is 0 Å². The molecular formula is C23H29F3N4O5. The Labute approximate surface area is 200 Å². The number of hydrogen-bond donors (Lipinski definition) is 3. The highest BCUT2D eigenvalue weighted by Gasteiger charge is 2.38. The van der Waals surface area contributed by atoms with Gasteiger partial charge in [0.2, 0.25) is 5.89 Å². The van der Waals surface area contributed by atoms with Crippen LogP contribution in [0.2, 0.25) is 0 Å². The second-order valence-corrected chi connectivity index (χ2v) is 9.06. The van der Waals surface area contributed by atoms with Crippen LogP contribution in [0.15, 0.2) is 16.7 Å². The molecule has 0 saturated heterocycles. The minimum absolute atomic E-state index is 0.183. The third kappa shape index (κ3) is 7.93. The zero-order chi connectivity index (χ0) is 25.5. The molecule has 1 saturated carbocycles. The van der Waals surface area contributed by atoms with Crippen LogP contribution in [0.4, 0.5) is 19.0 Å². The molecule has 0 radical (unpaired) electrons. The highest BCUT2D eigenvalue weighted by molar-refractivity contribution is 5.73. The smallest absolute Gasteiger partial charge is 0.481 e. The van der Waals surface area contributed by atoms with E-state index in [4.69, 9.17) is 19.4 Å². The number of carboxylic acids is 2. The summed E-state index contributed by atoms with van der Waals surface area (Å²) in [7, 11) is 0. The van der Waals surface area contributed by atoms with Crippen molar-refractivity contribution in [2.24, 2.45) is 5.41 Å². The minimum Gasteiger partial charge on any atom is -0.481 e. The largest absolute Gasteiger partial charge is 0.490 e.